The fourth-order valence-electron chi connectivity index (χ4n) is 1.11. The average Bonchev–Trinajstić information content (AvgIpc) is 2.22. The molecule has 0 spiro atoms. The Balaban J connectivity index is 3.09. The van der Waals surface area contributed by atoms with Crippen molar-refractivity contribution in [3.05, 3.63) is 34.9 Å². The van der Waals surface area contributed by atoms with Crippen LogP contribution in [0.1, 0.15) is 5.56 Å². The number of aliphatic hydroxyl groups excluding tert-OH is 1. The lowest BCUT2D eigenvalue weighted by atomic mass is 10.1. The summed E-state index contributed by atoms with van der Waals surface area (Å²) in [7, 11) is 0. The predicted molar refractivity (Wildman–Crippen MR) is 45.0 cm³/mol. The van der Waals surface area contributed by atoms with Gasteiger partial charge in [0.05, 0.1) is 6.10 Å². The van der Waals surface area contributed by atoms with E-state index < -0.39 is 34.9 Å². The topological polar surface area (TPSA) is 46.2 Å². The molecule has 2 nitrogen and oxygen atoms in total. The highest BCUT2D eigenvalue weighted by atomic mass is 19.2. The van der Waals surface area contributed by atoms with Crippen LogP contribution in [0, 0.1) is 23.3 Å². The second kappa shape index (κ2) is 4.59. The SMILES string of the molecule is NCC(O)Cc1cc(F)c(F)c(F)c1F. The molecule has 1 aromatic rings. The van der Waals surface area contributed by atoms with Crippen molar-refractivity contribution in [2.24, 2.45) is 5.73 Å². The summed E-state index contributed by atoms with van der Waals surface area (Å²) < 4.78 is 50.9. The Labute approximate surface area is 83.3 Å². The summed E-state index contributed by atoms with van der Waals surface area (Å²) in [6.07, 6.45) is -1.49. The van der Waals surface area contributed by atoms with Gasteiger partial charge in [0.25, 0.3) is 0 Å². The van der Waals surface area contributed by atoms with Gasteiger partial charge in [0.1, 0.15) is 0 Å². The Bertz CT molecular complexity index is 370. The Hall–Kier alpha value is -1.14. The third kappa shape index (κ3) is 2.45. The third-order valence-electron chi connectivity index (χ3n) is 1.91. The summed E-state index contributed by atoms with van der Waals surface area (Å²) in [4.78, 5) is 0. The quantitative estimate of drug-likeness (QED) is 0.458. The lowest BCUT2D eigenvalue weighted by Gasteiger charge is -2.09. The van der Waals surface area contributed by atoms with Gasteiger partial charge < -0.3 is 10.8 Å². The molecular weight excluding hydrogens is 214 g/mol. The molecule has 0 aromatic heterocycles. The number of nitrogens with two attached hydrogens (primary N) is 1. The van der Waals surface area contributed by atoms with E-state index in [2.05, 4.69) is 0 Å². The monoisotopic (exact) mass is 223 g/mol. The molecule has 0 saturated carbocycles. The van der Waals surface area contributed by atoms with Gasteiger partial charge in [0.2, 0.25) is 0 Å². The largest absolute Gasteiger partial charge is 0.391 e. The summed E-state index contributed by atoms with van der Waals surface area (Å²) in [6.45, 7) is -0.181. The van der Waals surface area contributed by atoms with Crippen molar-refractivity contribution in [2.75, 3.05) is 6.54 Å². The molecule has 0 amide bonds. The van der Waals surface area contributed by atoms with Crippen LogP contribution in [-0.4, -0.2) is 17.8 Å². The van der Waals surface area contributed by atoms with Crippen LogP contribution in [0.15, 0.2) is 6.07 Å². The Morgan fingerprint density at radius 1 is 1.13 bits per heavy atom. The van der Waals surface area contributed by atoms with Crippen molar-refractivity contribution in [1.82, 2.24) is 0 Å². The van der Waals surface area contributed by atoms with E-state index in [0.29, 0.717) is 6.07 Å². The minimum Gasteiger partial charge on any atom is -0.391 e. The molecule has 1 rings (SSSR count). The van der Waals surface area contributed by atoms with E-state index in [1.807, 2.05) is 0 Å². The zero-order chi connectivity index (χ0) is 11.6. The highest BCUT2D eigenvalue weighted by molar-refractivity contribution is 5.22. The zero-order valence-corrected chi connectivity index (χ0v) is 7.61. The van der Waals surface area contributed by atoms with Crippen LogP contribution >= 0.6 is 0 Å². The molecule has 15 heavy (non-hydrogen) atoms. The van der Waals surface area contributed by atoms with Gasteiger partial charge in [-0.3, -0.25) is 0 Å². The Morgan fingerprint density at radius 3 is 2.27 bits per heavy atom. The third-order valence-corrected chi connectivity index (χ3v) is 1.91. The van der Waals surface area contributed by atoms with Gasteiger partial charge in [0, 0.05) is 13.0 Å². The fraction of sp³-hybridized carbons (Fsp3) is 0.333. The number of hydrogen-bond acceptors (Lipinski definition) is 2. The first-order valence-corrected chi connectivity index (χ1v) is 4.17. The standard InChI is InChI=1S/C9H9F4NO/c10-6-2-4(1-5(15)3-14)7(11)9(13)8(6)12/h2,5,15H,1,3,14H2. The summed E-state index contributed by atoms with van der Waals surface area (Å²) in [6, 6.07) is 0.507. The van der Waals surface area contributed by atoms with Crippen LogP contribution in [0.4, 0.5) is 17.6 Å². The normalized spacial score (nSPS) is 12.9. The maximum atomic E-state index is 13.0. The summed E-state index contributed by atoms with van der Waals surface area (Å²) >= 11 is 0. The van der Waals surface area contributed by atoms with Gasteiger partial charge in [0.15, 0.2) is 23.3 Å². The van der Waals surface area contributed by atoms with Crippen molar-refractivity contribution in [1.29, 1.82) is 0 Å². The first-order valence-electron chi connectivity index (χ1n) is 4.17. The first kappa shape index (κ1) is 11.9. The maximum absolute atomic E-state index is 13.0. The van der Waals surface area contributed by atoms with E-state index >= 15 is 0 Å². The van der Waals surface area contributed by atoms with Crippen LogP contribution in [0.2, 0.25) is 0 Å². The summed E-state index contributed by atoms with van der Waals surface area (Å²) in [5, 5.41) is 9.06. The number of rotatable bonds is 3. The number of benzene rings is 1. The molecule has 0 aliphatic rings. The van der Waals surface area contributed by atoms with Crippen molar-refractivity contribution in [2.45, 2.75) is 12.5 Å². The molecule has 1 atom stereocenters. The van der Waals surface area contributed by atoms with Gasteiger partial charge >= 0.3 is 0 Å². The predicted octanol–water partition coefficient (Wildman–Crippen LogP) is 1.11. The molecule has 84 valence electrons. The highest BCUT2D eigenvalue weighted by Gasteiger charge is 2.19. The van der Waals surface area contributed by atoms with E-state index in [9.17, 15) is 17.6 Å². The molecule has 0 aliphatic carbocycles. The van der Waals surface area contributed by atoms with Gasteiger partial charge in [-0.1, -0.05) is 0 Å². The smallest absolute Gasteiger partial charge is 0.197 e. The van der Waals surface area contributed by atoms with Gasteiger partial charge in [-0.25, -0.2) is 17.6 Å². The second-order valence-corrected chi connectivity index (χ2v) is 3.05. The molecular formula is C9H9F4NO. The first-order chi connectivity index (χ1) is 6.97. The minimum atomic E-state index is -1.88. The van der Waals surface area contributed by atoms with Crippen LogP contribution in [-0.2, 0) is 6.42 Å². The molecule has 0 radical (unpaired) electrons. The van der Waals surface area contributed by atoms with Crippen molar-refractivity contribution in [3.8, 4) is 0 Å². The number of hydrogen-bond donors (Lipinski definition) is 2. The summed E-state index contributed by atoms with van der Waals surface area (Å²) in [5.41, 5.74) is 4.60. The van der Waals surface area contributed by atoms with Crippen molar-refractivity contribution < 1.29 is 22.7 Å². The molecule has 0 fully saturated rings. The van der Waals surface area contributed by atoms with Crippen molar-refractivity contribution in [3.63, 3.8) is 0 Å². The minimum absolute atomic E-state index is 0.181. The fourth-order valence-corrected chi connectivity index (χ4v) is 1.11. The van der Waals surface area contributed by atoms with E-state index in [1.54, 1.807) is 0 Å². The molecule has 1 aromatic carbocycles. The zero-order valence-electron chi connectivity index (χ0n) is 7.61. The molecule has 0 aliphatic heterocycles. The molecule has 6 heteroatoms. The molecule has 0 heterocycles. The second-order valence-electron chi connectivity index (χ2n) is 3.05. The van der Waals surface area contributed by atoms with Crippen LogP contribution < -0.4 is 5.73 Å². The van der Waals surface area contributed by atoms with Gasteiger partial charge in [-0.2, -0.15) is 0 Å². The molecule has 0 saturated heterocycles. The highest BCUT2D eigenvalue weighted by Crippen LogP contribution is 2.19. The van der Waals surface area contributed by atoms with E-state index in [4.69, 9.17) is 10.8 Å². The lowest BCUT2D eigenvalue weighted by molar-refractivity contribution is 0.181. The van der Waals surface area contributed by atoms with Crippen LogP contribution in [0.25, 0.3) is 0 Å². The number of aliphatic hydroxyl groups is 1. The summed E-state index contributed by atoms with van der Waals surface area (Å²) in [5.74, 6) is -6.73. The van der Waals surface area contributed by atoms with E-state index in [-0.39, 0.29) is 13.0 Å². The van der Waals surface area contributed by atoms with Gasteiger partial charge in [-0.15, -0.1) is 0 Å². The van der Waals surface area contributed by atoms with Crippen LogP contribution in [0.3, 0.4) is 0 Å². The lowest BCUT2D eigenvalue weighted by Crippen LogP contribution is -2.23. The Kier molecular flexibility index (Phi) is 3.65. The van der Waals surface area contributed by atoms with E-state index in [0.717, 1.165) is 0 Å². The molecule has 0 bridgehead atoms. The number of halogens is 4. The van der Waals surface area contributed by atoms with E-state index in [1.165, 1.54) is 0 Å². The molecule has 1 unspecified atom stereocenters. The molecule has 3 N–H and O–H groups in total. The van der Waals surface area contributed by atoms with Gasteiger partial charge in [-0.05, 0) is 11.6 Å². The van der Waals surface area contributed by atoms with Crippen LogP contribution in [0.5, 0.6) is 0 Å². The maximum Gasteiger partial charge on any atom is 0.197 e. The van der Waals surface area contributed by atoms with Crippen molar-refractivity contribution >= 4 is 0 Å². The Morgan fingerprint density at radius 2 is 1.73 bits per heavy atom. The average molecular weight is 223 g/mol.